The Balaban J connectivity index is 2.56. The van der Waals surface area contributed by atoms with Crippen molar-refractivity contribution in [2.75, 3.05) is 0 Å². The molecular formula is C12H6ClF3N2. The Labute approximate surface area is 106 Å². The largest absolute Gasteiger partial charge is 0.417 e. The molecule has 0 radical (unpaired) electrons. The molecule has 0 unspecified atom stereocenters. The van der Waals surface area contributed by atoms with E-state index < -0.39 is 11.7 Å². The second-order valence-corrected chi connectivity index (χ2v) is 3.96. The molecule has 0 fully saturated rings. The molecule has 0 aliphatic rings. The fraction of sp³-hybridized carbons (Fsp3) is 0.0833. The van der Waals surface area contributed by atoms with Gasteiger partial charge in [0.1, 0.15) is 6.07 Å². The molecule has 1 heterocycles. The predicted octanol–water partition coefficient (Wildman–Crippen LogP) is 4.23. The molecule has 2 rings (SSSR count). The Morgan fingerprint density at radius 2 is 2.00 bits per heavy atom. The first-order valence-electron chi connectivity index (χ1n) is 4.88. The van der Waals surface area contributed by atoms with Crippen molar-refractivity contribution >= 4 is 11.6 Å². The van der Waals surface area contributed by atoms with Gasteiger partial charge in [-0.15, -0.1) is 0 Å². The van der Waals surface area contributed by atoms with Crippen molar-refractivity contribution in [1.29, 1.82) is 5.26 Å². The number of aromatic amines is 1. The van der Waals surface area contributed by atoms with Crippen molar-refractivity contribution < 1.29 is 13.2 Å². The number of rotatable bonds is 1. The van der Waals surface area contributed by atoms with Crippen LogP contribution in [0.5, 0.6) is 0 Å². The van der Waals surface area contributed by atoms with Gasteiger partial charge in [-0.1, -0.05) is 23.7 Å². The van der Waals surface area contributed by atoms with Gasteiger partial charge in [-0.3, -0.25) is 0 Å². The van der Waals surface area contributed by atoms with Crippen LogP contribution in [0.15, 0.2) is 30.5 Å². The van der Waals surface area contributed by atoms with Crippen LogP contribution in [0.3, 0.4) is 0 Å². The molecule has 6 heteroatoms. The molecule has 2 aromatic rings. The SMILES string of the molecule is N#Cc1c[nH]c(-c2cccc(C(F)(F)F)c2Cl)c1. The molecule has 0 spiro atoms. The van der Waals surface area contributed by atoms with Crippen molar-refractivity contribution in [3.63, 3.8) is 0 Å². The van der Waals surface area contributed by atoms with Crippen molar-refractivity contribution in [2.45, 2.75) is 6.18 Å². The molecule has 92 valence electrons. The van der Waals surface area contributed by atoms with Crippen LogP contribution in [0.4, 0.5) is 13.2 Å². The zero-order chi connectivity index (χ0) is 13.3. The first-order valence-corrected chi connectivity index (χ1v) is 5.26. The van der Waals surface area contributed by atoms with Crippen LogP contribution in [0, 0.1) is 11.3 Å². The third-order valence-electron chi connectivity index (χ3n) is 2.41. The van der Waals surface area contributed by atoms with Gasteiger partial charge < -0.3 is 4.98 Å². The highest BCUT2D eigenvalue weighted by Crippen LogP contribution is 2.39. The van der Waals surface area contributed by atoms with Crippen LogP contribution >= 0.6 is 11.6 Å². The normalized spacial score (nSPS) is 11.3. The summed E-state index contributed by atoms with van der Waals surface area (Å²) in [5, 5.41) is 8.29. The minimum atomic E-state index is -4.50. The van der Waals surface area contributed by atoms with E-state index in [-0.39, 0.29) is 10.6 Å². The van der Waals surface area contributed by atoms with E-state index in [9.17, 15) is 13.2 Å². The standard InChI is InChI=1S/C12H6ClF3N2/c13-11-8(10-4-7(5-17)6-18-10)2-1-3-9(11)12(14,15)16/h1-4,6,18H. The lowest BCUT2D eigenvalue weighted by Gasteiger charge is -2.11. The fourth-order valence-electron chi connectivity index (χ4n) is 1.57. The summed E-state index contributed by atoms with van der Waals surface area (Å²) in [5.41, 5.74) is 0.0314. The van der Waals surface area contributed by atoms with Gasteiger partial charge in [0.05, 0.1) is 16.1 Å². The van der Waals surface area contributed by atoms with E-state index in [1.807, 2.05) is 6.07 Å². The number of benzene rings is 1. The summed E-state index contributed by atoms with van der Waals surface area (Å²) < 4.78 is 38.0. The molecule has 0 bridgehead atoms. The fourth-order valence-corrected chi connectivity index (χ4v) is 1.91. The van der Waals surface area contributed by atoms with E-state index in [1.165, 1.54) is 24.4 Å². The zero-order valence-electron chi connectivity index (χ0n) is 8.85. The van der Waals surface area contributed by atoms with Gasteiger partial charge in [0.15, 0.2) is 0 Å². The number of hydrogen-bond donors (Lipinski definition) is 1. The van der Waals surface area contributed by atoms with E-state index >= 15 is 0 Å². The van der Waals surface area contributed by atoms with Crippen LogP contribution in [-0.4, -0.2) is 4.98 Å². The summed E-state index contributed by atoms with van der Waals surface area (Å²) in [6.07, 6.45) is -3.09. The Kier molecular flexibility index (Phi) is 3.05. The van der Waals surface area contributed by atoms with E-state index in [0.717, 1.165) is 6.07 Å². The summed E-state index contributed by atoms with van der Waals surface area (Å²) in [7, 11) is 0. The Hall–Kier alpha value is -1.93. The molecule has 0 aliphatic carbocycles. The van der Waals surface area contributed by atoms with Gasteiger partial charge in [0.25, 0.3) is 0 Å². The van der Waals surface area contributed by atoms with E-state index in [1.54, 1.807) is 0 Å². The lowest BCUT2D eigenvalue weighted by Crippen LogP contribution is -2.06. The minimum Gasteiger partial charge on any atom is -0.360 e. The average Bonchev–Trinajstić information content (AvgIpc) is 2.76. The Bertz CT molecular complexity index is 623. The van der Waals surface area contributed by atoms with Crippen LogP contribution < -0.4 is 0 Å². The number of nitrogens with one attached hydrogen (secondary N) is 1. The van der Waals surface area contributed by atoms with Crippen LogP contribution in [-0.2, 0) is 6.18 Å². The first-order chi connectivity index (χ1) is 8.43. The van der Waals surface area contributed by atoms with Gasteiger partial charge in [-0.25, -0.2) is 0 Å². The Morgan fingerprint density at radius 1 is 1.28 bits per heavy atom. The summed E-state index contributed by atoms with van der Waals surface area (Å²) in [4.78, 5) is 2.72. The summed E-state index contributed by atoms with van der Waals surface area (Å²) in [5.74, 6) is 0. The number of H-pyrrole nitrogens is 1. The average molecular weight is 271 g/mol. The van der Waals surface area contributed by atoms with Crippen molar-refractivity contribution in [2.24, 2.45) is 0 Å². The van der Waals surface area contributed by atoms with Crippen LogP contribution in [0.2, 0.25) is 5.02 Å². The van der Waals surface area contributed by atoms with Crippen molar-refractivity contribution in [3.8, 4) is 17.3 Å². The summed E-state index contributed by atoms with van der Waals surface area (Å²) in [6, 6.07) is 6.98. The van der Waals surface area contributed by atoms with E-state index in [0.29, 0.717) is 11.3 Å². The lowest BCUT2D eigenvalue weighted by molar-refractivity contribution is -0.137. The van der Waals surface area contributed by atoms with Crippen molar-refractivity contribution in [3.05, 3.63) is 46.6 Å². The number of halogens is 4. The molecule has 0 atom stereocenters. The smallest absolute Gasteiger partial charge is 0.360 e. The molecule has 2 nitrogen and oxygen atoms in total. The molecule has 0 amide bonds. The molecule has 0 saturated heterocycles. The maximum atomic E-state index is 12.7. The molecule has 1 N–H and O–H groups in total. The number of hydrogen-bond acceptors (Lipinski definition) is 1. The molecule has 1 aromatic carbocycles. The zero-order valence-corrected chi connectivity index (χ0v) is 9.60. The number of nitrogens with zero attached hydrogens (tertiary/aromatic N) is 1. The van der Waals surface area contributed by atoms with Gasteiger partial charge in [-0.05, 0) is 12.1 Å². The molecule has 0 aliphatic heterocycles. The molecule has 1 aromatic heterocycles. The quantitative estimate of drug-likeness (QED) is 0.828. The lowest BCUT2D eigenvalue weighted by atomic mass is 10.1. The highest BCUT2D eigenvalue weighted by atomic mass is 35.5. The van der Waals surface area contributed by atoms with Gasteiger partial charge in [0.2, 0.25) is 0 Å². The summed E-state index contributed by atoms with van der Waals surface area (Å²) >= 11 is 5.76. The highest BCUT2D eigenvalue weighted by Gasteiger charge is 2.34. The number of alkyl halides is 3. The first kappa shape index (κ1) is 12.5. The minimum absolute atomic E-state index is 0.216. The summed E-state index contributed by atoms with van der Waals surface area (Å²) in [6.45, 7) is 0. The Morgan fingerprint density at radius 3 is 2.56 bits per heavy atom. The second-order valence-electron chi connectivity index (χ2n) is 3.58. The number of aromatic nitrogens is 1. The monoisotopic (exact) mass is 270 g/mol. The van der Waals surface area contributed by atoms with E-state index in [4.69, 9.17) is 16.9 Å². The van der Waals surface area contributed by atoms with Crippen LogP contribution in [0.25, 0.3) is 11.3 Å². The third kappa shape index (κ3) is 2.20. The predicted molar refractivity (Wildman–Crippen MR) is 61.0 cm³/mol. The maximum absolute atomic E-state index is 12.7. The van der Waals surface area contributed by atoms with Gasteiger partial charge in [0, 0.05) is 17.5 Å². The third-order valence-corrected chi connectivity index (χ3v) is 2.81. The highest BCUT2D eigenvalue weighted by molar-refractivity contribution is 6.34. The molecular weight excluding hydrogens is 265 g/mol. The topological polar surface area (TPSA) is 39.6 Å². The molecule has 0 saturated carbocycles. The van der Waals surface area contributed by atoms with Gasteiger partial charge in [-0.2, -0.15) is 18.4 Å². The van der Waals surface area contributed by atoms with Crippen LogP contribution in [0.1, 0.15) is 11.1 Å². The number of nitriles is 1. The molecule has 18 heavy (non-hydrogen) atoms. The van der Waals surface area contributed by atoms with E-state index in [2.05, 4.69) is 4.98 Å². The second kappa shape index (κ2) is 4.39. The maximum Gasteiger partial charge on any atom is 0.417 e. The van der Waals surface area contributed by atoms with Gasteiger partial charge >= 0.3 is 6.18 Å². The van der Waals surface area contributed by atoms with Crippen molar-refractivity contribution in [1.82, 2.24) is 4.98 Å².